The van der Waals surface area contributed by atoms with Crippen LogP contribution in [0, 0.1) is 5.92 Å². The lowest BCUT2D eigenvalue weighted by Gasteiger charge is -2.44. The fraction of sp³-hybridized carbons (Fsp3) is 0.938. The maximum Gasteiger partial charge on any atom is 0.191 e. The van der Waals surface area contributed by atoms with Gasteiger partial charge in [0.25, 0.3) is 0 Å². The van der Waals surface area contributed by atoms with Crippen molar-refractivity contribution in [2.75, 3.05) is 27.2 Å². The smallest absolute Gasteiger partial charge is 0.191 e. The van der Waals surface area contributed by atoms with Crippen LogP contribution in [0.15, 0.2) is 4.99 Å². The SMILES string of the molecule is CCNC(=NCC1(N(C)C)CCCC(C)C1)NC1CC1.I. The van der Waals surface area contributed by atoms with Crippen LogP contribution in [0.5, 0.6) is 0 Å². The van der Waals surface area contributed by atoms with E-state index in [9.17, 15) is 0 Å². The van der Waals surface area contributed by atoms with Crippen LogP contribution in [0.2, 0.25) is 0 Å². The highest BCUT2D eigenvalue weighted by atomic mass is 127. The molecule has 0 heterocycles. The molecule has 5 heteroatoms. The van der Waals surface area contributed by atoms with Crippen LogP contribution in [-0.2, 0) is 0 Å². The first-order valence-electron chi connectivity index (χ1n) is 8.28. The third-order valence-corrected chi connectivity index (χ3v) is 4.81. The van der Waals surface area contributed by atoms with E-state index < -0.39 is 0 Å². The Morgan fingerprint density at radius 2 is 2.00 bits per heavy atom. The molecule has 2 rings (SSSR count). The molecule has 21 heavy (non-hydrogen) atoms. The summed E-state index contributed by atoms with van der Waals surface area (Å²) < 4.78 is 0. The van der Waals surface area contributed by atoms with Gasteiger partial charge in [0.1, 0.15) is 0 Å². The summed E-state index contributed by atoms with van der Waals surface area (Å²) in [7, 11) is 4.43. The number of rotatable bonds is 5. The summed E-state index contributed by atoms with van der Waals surface area (Å²) in [6.07, 6.45) is 7.84. The summed E-state index contributed by atoms with van der Waals surface area (Å²) in [5.74, 6) is 1.83. The number of halogens is 1. The molecular formula is C16H33IN4. The van der Waals surface area contributed by atoms with Gasteiger partial charge in [0.15, 0.2) is 5.96 Å². The fourth-order valence-corrected chi connectivity index (χ4v) is 3.29. The Morgan fingerprint density at radius 1 is 1.29 bits per heavy atom. The Hall–Kier alpha value is -0.0400. The number of nitrogens with zero attached hydrogens (tertiary/aromatic N) is 2. The molecule has 0 radical (unpaired) electrons. The van der Waals surface area contributed by atoms with Crippen molar-refractivity contribution in [2.24, 2.45) is 10.9 Å². The molecule has 0 amide bonds. The van der Waals surface area contributed by atoms with Gasteiger partial charge in [0.2, 0.25) is 0 Å². The molecule has 0 bridgehead atoms. The Labute approximate surface area is 147 Å². The Balaban J connectivity index is 0.00000220. The molecule has 0 spiro atoms. The van der Waals surface area contributed by atoms with E-state index in [2.05, 4.69) is 43.5 Å². The van der Waals surface area contributed by atoms with Crippen molar-refractivity contribution in [1.82, 2.24) is 15.5 Å². The second-order valence-corrected chi connectivity index (χ2v) is 6.93. The van der Waals surface area contributed by atoms with E-state index in [0.717, 1.165) is 25.0 Å². The predicted octanol–water partition coefficient (Wildman–Crippen LogP) is 2.83. The Kier molecular flexibility index (Phi) is 7.74. The summed E-state index contributed by atoms with van der Waals surface area (Å²) in [4.78, 5) is 7.31. The van der Waals surface area contributed by atoms with E-state index in [-0.39, 0.29) is 29.5 Å². The minimum Gasteiger partial charge on any atom is -0.357 e. The highest BCUT2D eigenvalue weighted by Crippen LogP contribution is 2.35. The van der Waals surface area contributed by atoms with Gasteiger partial charge in [-0.15, -0.1) is 24.0 Å². The van der Waals surface area contributed by atoms with E-state index >= 15 is 0 Å². The van der Waals surface area contributed by atoms with Gasteiger partial charge in [-0.2, -0.15) is 0 Å². The van der Waals surface area contributed by atoms with Gasteiger partial charge in [-0.25, -0.2) is 0 Å². The van der Waals surface area contributed by atoms with Crippen molar-refractivity contribution in [3.63, 3.8) is 0 Å². The summed E-state index contributed by atoms with van der Waals surface area (Å²) in [5.41, 5.74) is 0.254. The van der Waals surface area contributed by atoms with Crippen LogP contribution in [-0.4, -0.2) is 49.6 Å². The maximum absolute atomic E-state index is 4.90. The number of hydrogen-bond acceptors (Lipinski definition) is 2. The molecule has 2 aliphatic carbocycles. The topological polar surface area (TPSA) is 39.7 Å². The van der Waals surface area contributed by atoms with Crippen LogP contribution in [0.3, 0.4) is 0 Å². The molecule has 2 aliphatic rings. The molecule has 2 fully saturated rings. The highest BCUT2D eigenvalue weighted by Gasteiger charge is 2.37. The lowest BCUT2D eigenvalue weighted by Crippen LogP contribution is -2.51. The van der Waals surface area contributed by atoms with Crippen LogP contribution in [0.25, 0.3) is 0 Å². The van der Waals surface area contributed by atoms with Gasteiger partial charge in [-0.3, -0.25) is 4.99 Å². The lowest BCUT2D eigenvalue weighted by molar-refractivity contribution is 0.0845. The third kappa shape index (κ3) is 5.58. The van der Waals surface area contributed by atoms with Gasteiger partial charge in [0, 0.05) is 18.1 Å². The first kappa shape index (κ1) is 19.0. The van der Waals surface area contributed by atoms with Gasteiger partial charge in [-0.1, -0.05) is 19.8 Å². The normalized spacial score (nSPS) is 30.0. The largest absolute Gasteiger partial charge is 0.357 e. The summed E-state index contributed by atoms with van der Waals surface area (Å²) in [5, 5.41) is 6.90. The molecule has 0 aromatic rings. The van der Waals surface area contributed by atoms with Crippen LogP contribution in [0.1, 0.15) is 52.4 Å². The van der Waals surface area contributed by atoms with Gasteiger partial charge < -0.3 is 15.5 Å². The summed E-state index contributed by atoms with van der Waals surface area (Å²) in [6.45, 7) is 6.36. The van der Waals surface area contributed by atoms with Crippen LogP contribution < -0.4 is 10.6 Å². The lowest BCUT2D eigenvalue weighted by atomic mass is 9.75. The van der Waals surface area contributed by atoms with Gasteiger partial charge in [0.05, 0.1) is 6.54 Å². The molecule has 2 saturated carbocycles. The summed E-state index contributed by atoms with van der Waals surface area (Å²) in [6, 6.07) is 0.661. The second-order valence-electron chi connectivity index (χ2n) is 6.93. The number of aliphatic imine (C=N–C) groups is 1. The average Bonchev–Trinajstić information content (AvgIpc) is 3.20. The van der Waals surface area contributed by atoms with Crippen LogP contribution >= 0.6 is 24.0 Å². The minimum absolute atomic E-state index is 0. The van der Waals surface area contributed by atoms with Crippen molar-refractivity contribution in [3.8, 4) is 0 Å². The minimum atomic E-state index is 0. The molecule has 2 atom stereocenters. The zero-order chi connectivity index (χ0) is 14.6. The van der Waals surface area contributed by atoms with Gasteiger partial charge in [-0.05, 0) is 52.6 Å². The molecular weight excluding hydrogens is 375 g/mol. The quantitative estimate of drug-likeness (QED) is 0.418. The van der Waals surface area contributed by atoms with Crippen molar-refractivity contribution in [2.45, 2.75) is 64.0 Å². The first-order valence-corrected chi connectivity index (χ1v) is 8.28. The van der Waals surface area contributed by atoms with E-state index in [0.29, 0.717) is 6.04 Å². The Bertz CT molecular complexity index is 341. The zero-order valence-electron chi connectivity index (χ0n) is 14.1. The number of guanidine groups is 1. The molecule has 0 aliphatic heterocycles. The first-order chi connectivity index (χ1) is 9.55. The van der Waals surface area contributed by atoms with E-state index in [1.165, 1.54) is 38.5 Å². The summed E-state index contributed by atoms with van der Waals surface area (Å²) >= 11 is 0. The molecule has 2 unspecified atom stereocenters. The second kappa shape index (κ2) is 8.56. The number of hydrogen-bond donors (Lipinski definition) is 2. The highest BCUT2D eigenvalue weighted by molar-refractivity contribution is 14.0. The van der Waals surface area contributed by atoms with Crippen molar-refractivity contribution in [3.05, 3.63) is 0 Å². The fourth-order valence-electron chi connectivity index (χ4n) is 3.29. The number of likely N-dealkylation sites (N-methyl/N-ethyl adjacent to an activating group) is 1. The van der Waals surface area contributed by atoms with Crippen molar-refractivity contribution >= 4 is 29.9 Å². The maximum atomic E-state index is 4.90. The van der Waals surface area contributed by atoms with E-state index in [1.54, 1.807) is 0 Å². The zero-order valence-corrected chi connectivity index (χ0v) is 16.4. The molecule has 2 N–H and O–H groups in total. The average molecular weight is 408 g/mol. The molecule has 0 saturated heterocycles. The van der Waals surface area contributed by atoms with Crippen LogP contribution in [0.4, 0.5) is 0 Å². The van der Waals surface area contributed by atoms with Gasteiger partial charge >= 0.3 is 0 Å². The van der Waals surface area contributed by atoms with E-state index in [4.69, 9.17) is 4.99 Å². The molecule has 4 nitrogen and oxygen atoms in total. The Morgan fingerprint density at radius 3 is 2.52 bits per heavy atom. The molecule has 124 valence electrons. The third-order valence-electron chi connectivity index (χ3n) is 4.81. The van der Waals surface area contributed by atoms with Crippen molar-refractivity contribution < 1.29 is 0 Å². The molecule has 0 aromatic heterocycles. The molecule has 0 aromatic carbocycles. The predicted molar refractivity (Wildman–Crippen MR) is 102 cm³/mol. The number of nitrogens with one attached hydrogen (secondary N) is 2. The standard InChI is InChI=1S/C16H32N4.HI/c1-5-17-15(19-14-8-9-14)18-12-16(20(3)4)10-6-7-13(2)11-16;/h13-14H,5-12H2,1-4H3,(H2,17,18,19);1H. The van der Waals surface area contributed by atoms with E-state index in [1.807, 2.05) is 0 Å². The monoisotopic (exact) mass is 408 g/mol. The van der Waals surface area contributed by atoms with Crippen molar-refractivity contribution in [1.29, 1.82) is 0 Å².